The summed E-state index contributed by atoms with van der Waals surface area (Å²) in [6.45, 7) is 8.75. The van der Waals surface area contributed by atoms with Gasteiger partial charge in [-0.15, -0.1) is 0 Å². The van der Waals surface area contributed by atoms with E-state index < -0.39 is 0 Å². The van der Waals surface area contributed by atoms with E-state index in [1.165, 1.54) is 11.1 Å². The molecule has 0 saturated heterocycles. The molecule has 0 radical (unpaired) electrons. The number of hydrogen-bond donors (Lipinski definition) is 1. The van der Waals surface area contributed by atoms with Gasteiger partial charge >= 0.3 is 0 Å². The molecule has 0 saturated carbocycles. The summed E-state index contributed by atoms with van der Waals surface area (Å²) < 4.78 is 1.11. The molecule has 21 heavy (non-hydrogen) atoms. The SMILES string of the molecule is Cc1cc(C(C)(C)C)c(Br)cc1N/N=C/c1ccccc1. The summed E-state index contributed by atoms with van der Waals surface area (Å²) in [5, 5.41) is 4.31. The second-order valence-corrected chi connectivity index (χ2v) is 7.03. The number of nitrogens with one attached hydrogen (secondary N) is 1. The lowest BCUT2D eigenvalue weighted by Gasteiger charge is -2.22. The summed E-state index contributed by atoms with van der Waals surface area (Å²) in [5.41, 5.74) is 7.83. The highest BCUT2D eigenvalue weighted by molar-refractivity contribution is 9.10. The van der Waals surface area contributed by atoms with Crippen molar-refractivity contribution in [3.8, 4) is 0 Å². The summed E-state index contributed by atoms with van der Waals surface area (Å²) in [4.78, 5) is 0. The number of halogens is 1. The molecular formula is C18H21BrN2. The molecule has 0 aliphatic carbocycles. The maximum Gasteiger partial charge on any atom is 0.0602 e. The predicted octanol–water partition coefficient (Wildman–Crippen LogP) is 5.50. The zero-order valence-corrected chi connectivity index (χ0v) is 14.5. The van der Waals surface area contributed by atoms with Gasteiger partial charge < -0.3 is 0 Å². The van der Waals surface area contributed by atoms with Gasteiger partial charge in [-0.3, -0.25) is 5.43 Å². The molecule has 1 N–H and O–H groups in total. The topological polar surface area (TPSA) is 24.4 Å². The molecule has 0 spiro atoms. The van der Waals surface area contributed by atoms with Crippen molar-refractivity contribution in [2.24, 2.45) is 5.10 Å². The van der Waals surface area contributed by atoms with Crippen LogP contribution in [0.15, 0.2) is 52.0 Å². The van der Waals surface area contributed by atoms with Crippen molar-refractivity contribution in [2.75, 3.05) is 5.43 Å². The van der Waals surface area contributed by atoms with Gasteiger partial charge in [0.1, 0.15) is 0 Å². The van der Waals surface area contributed by atoms with Crippen LogP contribution in [0.25, 0.3) is 0 Å². The van der Waals surface area contributed by atoms with E-state index in [-0.39, 0.29) is 5.41 Å². The van der Waals surface area contributed by atoms with Crippen LogP contribution < -0.4 is 5.43 Å². The molecular weight excluding hydrogens is 324 g/mol. The Hall–Kier alpha value is -1.61. The van der Waals surface area contributed by atoms with Crippen LogP contribution in [0.4, 0.5) is 5.69 Å². The van der Waals surface area contributed by atoms with E-state index in [9.17, 15) is 0 Å². The molecule has 2 aromatic rings. The minimum absolute atomic E-state index is 0.120. The third-order valence-electron chi connectivity index (χ3n) is 3.32. The van der Waals surface area contributed by atoms with Crippen LogP contribution in [0.5, 0.6) is 0 Å². The lowest BCUT2D eigenvalue weighted by atomic mass is 9.86. The molecule has 3 heteroatoms. The molecule has 0 unspecified atom stereocenters. The maximum atomic E-state index is 4.31. The van der Waals surface area contributed by atoms with Crippen molar-refractivity contribution in [2.45, 2.75) is 33.1 Å². The van der Waals surface area contributed by atoms with E-state index in [1.54, 1.807) is 0 Å². The summed E-state index contributed by atoms with van der Waals surface area (Å²) >= 11 is 3.66. The quantitative estimate of drug-likeness (QED) is 0.576. The van der Waals surface area contributed by atoms with Crippen LogP contribution in [0, 0.1) is 6.92 Å². The van der Waals surface area contributed by atoms with Gasteiger partial charge in [0.05, 0.1) is 11.9 Å². The normalized spacial score (nSPS) is 11.9. The van der Waals surface area contributed by atoms with Crippen LogP contribution >= 0.6 is 15.9 Å². The average Bonchev–Trinajstić information content (AvgIpc) is 2.42. The molecule has 0 heterocycles. The predicted molar refractivity (Wildman–Crippen MR) is 95.2 cm³/mol. The van der Waals surface area contributed by atoms with Crippen LogP contribution in [0.1, 0.15) is 37.5 Å². The number of anilines is 1. The monoisotopic (exact) mass is 344 g/mol. The van der Waals surface area contributed by atoms with E-state index in [4.69, 9.17) is 0 Å². The van der Waals surface area contributed by atoms with Gasteiger partial charge in [0, 0.05) is 4.47 Å². The first-order chi connectivity index (χ1) is 9.88. The van der Waals surface area contributed by atoms with Crippen molar-refractivity contribution < 1.29 is 0 Å². The Kier molecular flexibility index (Phi) is 4.84. The van der Waals surface area contributed by atoms with Gasteiger partial charge in [0.25, 0.3) is 0 Å². The first-order valence-electron chi connectivity index (χ1n) is 7.02. The Labute approximate surface area is 135 Å². The third kappa shape index (κ3) is 4.18. The molecule has 0 aliphatic heterocycles. The molecule has 2 rings (SSSR count). The number of rotatable bonds is 3. The second kappa shape index (κ2) is 6.44. The van der Waals surface area contributed by atoms with Crippen molar-refractivity contribution in [1.29, 1.82) is 0 Å². The molecule has 110 valence electrons. The second-order valence-electron chi connectivity index (χ2n) is 6.18. The van der Waals surface area contributed by atoms with Crippen molar-refractivity contribution in [3.05, 3.63) is 63.6 Å². The van der Waals surface area contributed by atoms with Crippen molar-refractivity contribution >= 4 is 27.8 Å². The summed E-state index contributed by atoms with van der Waals surface area (Å²) in [6.07, 6.45) is 1.82. The van der Waals surface area contributed by atoms with E-state index in [2.05, 4.69) is 66.3 Å². The fraction of sp³-hybridized carbons (Fsp3) is 0.278. The van der Waals surface area contributed by atoms with E-state index >= 15 is 0 Å². The highest BCUT2D eigenvalue weighted by atomic mass is 79.9. The minimum atomic E-state index is 0.120. The fourth-order valence-corrected chi connectivity index (χ4v) is 3.03. The largest absolute Gasteiger partial charge is 0.278 e. The van der Waals surface area contributed by atoms with Crippen molar-refractivity contribution in [3.63, 3.8) is 0 Å². The number of hydrazone groups is 1. The first kappa shape index (κ1) is 15.8. The lowest BCUT2D eigenvalue weighted by molar-refractivity contribution is 0.586. The highest BCUT2D eigenvalue weighted by Gasteiger charge is 2.18. The summed E-state index contributed by atoms with van der Waals surface area (Å²) in [6, 6.07) is 14.4. The van der Waals surface area contributed by atoms with Gasteiger partial charge in [-0.25, -0.2) is 0 Å². The number of benzene rings is 2. The lowest BCUT2D eigenvalue weighted by Crippen LogP contribution is -2.12. The fourth-order valence-electron chi connectivity index (χ4n) is 2.09. The Morgan fingerprint density at radius 2 is 1.76 bits per heavy atom. The van der Waals surface area contributed by atoms with Crippen LogP contribution in [-0.2, 0) is 5.41 Å². The standard InChI is InChI=1S/C18H21BrN2/c1-13-10-15(18(2,3)4)16(19)11-17(13)21-20-12-14-8-6-5-7-9-14/h5-12,21H,1-4H3/b20-12+. The summed E-state index contributed by atoms with van der Waals surface area (Å²) in [5.74, 6) is 0. The average molecular weight is 345 g/mol. The number of nitrogens with zero attached hydrogens (tertiary/aromatic N) is 1. The Morgan fingerprint density at radius 1 is 1.10 bits per heavy atom. The van der Waals surface area contributed by atoms with Crippen LogP contribution in [0.3, 0.4) is 0 Å². The van der Waals surface area contributed by atoms with E-state index in [0.717, 1.165) is 15.7 Å². The molecule has 0 atom stereocenters. The Bertz CT molecular complexity index is 640. The van der Waals surface area contributed by atoms with Gasteiger partial charge in [-0.2, -0.15) is 5.10 Å². The molecule has 0 amide bonds. The number of aryl methyl sites for hydroxylation is 1. The highest BCUT2D eigenvalue weighted by Crippen LogP contribution is 2.33. The maximum absolute atomic E-state index is 4.31. The summed E-state index contributed by atoms with van der Waals surface area (Å²) in [7, 11) is 0. The molecule has 2 nitrogen and oxygen atoms in total. The zero-order chi connectivity index (χ0) is 15.5. The van der Waals surface area contributed by atoms with E-state index in [1.807, 2.05) is 36.5 Å². The molecule has 0 fully saturated rings. The Balaban J connectivity index is 2.18. The molecule has 0 aliphatic rings. The molecule has 0 aromatic heterocycles. The van der Waals surface area contributed by atoms with Crippen LogP contribution in [0.2, 0.25) is 0 Å². The number of hydrogen-bond acceptors (Lipinski definition) is 2. The zero-order valence-electron chi connectivity index (χ0n) is 12.9. The van der Waals surface area contributed by atoms with E-state index in [0.29, 0.717) is 0 Å². The first-order valence-corrected chi connectivity index (χ1v) is 7.82. The minimum Gasteiger partial charge on any atom is -0.278 e. The van der Waals surface area contributed by atoms with Gasteiger partial charge in [0.15, 0.2) is 0 Å². The molecule has 0 bridgehead atoms. The Morgan fingerprint density at radius 3 is 2.38 bits per heavy atom. The molecule has 2 aromatic carbocycles. The van der Waals surface area contributed by atoms with Gasteiger partial charge in [-0.05, 0) is 35.1 Å². The van der Waals surface area contributed by atoms with Crippen molar-refractivity contribution in [1.82, 2.24) is 0 Å². The van der Waals surface area contributed by atoms with Gasteiger partial charge in [0.2, 0.25) is 0 Å². The van der Waals surface area contributed by atoms with Gasteiger partial charge in [-0.1, -0.05) is 73.1 Å². The third-order valence-corrected chi connectivity index (χ3v) is 3.98. The smallest absolute Gasteiger partial charge is 0.0602 e. The van der Waals surface area contributed by atoms with Crippen LogP contribution in [-0.4, -0.2) is 6.21 Å².